The SMILES string of the molecule is CCCCCCCC/C=C\CCCCCCCCOCC(COC1OC(CO)C(O)C(O)C1O)OC(=O)CCCCCCCCCCCCCCCCCCCCCCC. The number of rotatable bonds is 45. The van der Waals surface area contributed by atoms with Crippen LogP contribution >= 0.6 is 0 Å². The molecular weight excluding hydrogens is 757 g/mol. The quantitative estimate of drug-likeness (QED) is 0.0268. The van der Waals surface area contributed by atoms with Gasteiger partial charge in [-0.15, -0.1) is 0 Å². The van der Waals surface area contributed by atoms with Crippen LogP contribution in [0.3, 0.4) is 0 Å². The fraction of sp³-hybridized carbons (Fsp3) is 0.941. The summed E-state index contributed by atoms with van der Waals surface area (Å²) in [5.74, 6) is -0.309. The van der Waals surface area contributed by atoms with Gasteiger partial charge in [0.2, 0.25) is 0 Å². The van der Waals surface area contributed by atoms with Gasteiger partial charge in [-0.3, -0.25) is 4.79 Å². The number of aliphatic hydroxyl groups excluding tert-OH is 4. The number of carbonyl (C=O) groups is 1. The fourth-order valence-corrected chi connectivity index (χ4v) is 8.14. The Labute approximate surface area is 369 Å². The minimum atomic E-state index is -1.53. The number of ether oxygens (including phenoxy) is 4. The van der Waals surface area contributed by atoms with Crippen molar-refractivity contribution < 1.29 is 44.2 Å². The predicted molar refractivity (Wildman–Crippen MR) is 247 cm³/mol. The van der Waals surface area contributed by atoms with E-state index in [0.717, 1.165) is 32.1 Å². The number of unbranched alkanes of at least 4 members (excludes halogenated alkanes) is 32. The highest BCUT2D eigenvalue weighted by molar-refractivity contribution is 5.69. The topological polar surface area (TPSA) is 135 Å². The van der Waals surface area contributed by atoms with Crippen LogP contribution in [0.5, 0.6) is 0 Å². The largest absolute Gasteiger partial charge is 0.457 e. The summed E-state index contributed by atoms with van der Waals surface area (Å²) in [4.78, 5) is 12.8. The summed E-state index contributed by atoms with van der Waals surface area (Å²) in [6.07, 6.45) is 42.4. The molecule has 0 radical (unpaired) electrons. The lowest BCUT2D eigenvalue weighted by Gasteiger charge is -2.39. The lowest BCUT2D eigenvalue weighted by Crippen LogP contribution is -2.59. The summed E-state index contributed by atoms with van der Waals surface area (Å²) < 4.78 is 22.9. The molecule has 1 rings (SSSR count). The van der Waals surface area contributed by atoms with Crippen LogP contribution in [0.15, 0.2) is 12.2 Å². The summed E-state index contributed by atoms with van der Waals surface area (Å²) in [5.41, 5.74) is 0. The number of hydrogen-bond donors (Lipinski definition) is 4. The maximum Gasteiger partial charge on any atom is 0.306 e. The van der Waals surface area contributed by atoms with Gasteiger partial charge in [-0.1, -0.05) is 212 Å². The first-order valence-electron chi connectivity index (χ1n) is 25.8. The first-order valence-corrected chi connectivity index (χ1v) is 25.8. The van der Waals surface area contributed by atoms with Crippen LogP contribution in [-0.4, -0.2) is 89.6 Å². The van der Waals surface area contributed by atoms with Crippen molar-refractivity contribution in [2.45, 2.75) is 282 Å². The van der Waals surface area contributed by atoms with Gasteiger partial charge in [-0.25, -0.2) is 0 Å². The lowest BCUT2D eigenvalue weighted by molar-refractivity contribution is -0.305. The molecule has 0 aromatic rings. The van der Waals surface area contributed by atoms with E-state index in [4.69, 9.17) is 18.9 Å². The van der Waals surface area contributed by atoms with Gasteiger partial charge in [-0.2, -0.15) is 0 Å². The third-order valence-electron chi connectivity index (χ3n) is 12.2. The zero-order valence-corrected chi connectivity index (χ0v) is 39.2. The predicted octanol–water partition coefficient (Wildman–Crippen LogP) is 12.4. The second-order valence-electron chi connectivity index (χ2n) is 18.0. The molecule has 9 nitrogen and oxygen atoms in total. The van der Waals surface area contributed by atoms with Gasteiger partial charge in [0.25, 0.3) is 0 Å². The maximum atomic E-state index is 12.8. The molecule has 1 fully saturated rings. The van der Waals surface area contributed by atoms with E-state index in [9.17, 15) is 25.2 Å². The maximum absolute atomic E-state index is 12.8. The van der Waals surface area contributed by atoms with E-state index in [0.29, 0.717) is 13.0 Å². The highest BCUT2D eigenvalue weighted by atomic mass is 16.7. The van der Waals surface area contributed by atoms with Crippen LogP contribution < -0.4 is 0 Å². The minimum Gasteiger partial charge on any atom is -0.457 e. The van der Waals surface area contributed by atoms with Gasteiger partial charge in [0.15, 0.2) is 6.29 Å². The second kappa shape index (κ2) is 43.2. The lowest BCUT2D eigenvalue weighted by atomic mass is 9.99. The third-order valence-corrected chi connectivity index (χ3v) is 12.2. The van der Waals surface area contributed by atoms with Crippen LogP contribution in [0.2, 0.25) is 0 Å². The number of hydrogen-bond acceptors (Lipinski definition) is 9. The molecule has 1 saturated heterocycles. The number of allylic oxidation sites excluding steroid dienone is 2. The van der Waals surface area contributed by atoms with Crippen molar-refractivity contribution >= 4 is 5.97 Å². The molecule has 0 aromatic carbocycles. The average Bonchev–Trinajstić information content (AvgIpc) is 3.25. The van der Waals surface area contributed by atoms with E-state index < -0.39 is 43.4 Å². The first kappa shape index (κ1) is 56.9. The Balaban J connectivity index is 2.18. The van der Waals surface area contributed by atoms with Gasteiger partial charge in [0.05, 0.1) is 19.8 Å². The van der Waals surface area contributed by atoms with Gasteiger partial charge < -0.3 is 39.4 Å². The van der Waals surface area contributed by atoms with Crippen LogP contribution in [0, 0.1) is 0 Å². The summed E-state index contributed by atoms with van der Waals surface area (Å²) in [6, 6.07) is 0. The highest BCUT2D eigenvalue weighted by Crippen LogP contribution is 2.23. The zero-order valence-electron chi connectivity index (χ0n) is 39.2. The van der Waals surface area contributed by atoms with Crippen molar-refractivity contribution in [2.24, 2.45) is 0 Å². The normalized spacial score (nSPS) is 20.0. The number of carbonyl (C=O) groups excluding carboxylic acids is 1. The van der Waals surface area contributed by atoms with E-state index in [1.165, 1.54) is 193 Å². The molecule has 60 heavy (non-hydrogen) atoms. The molecule has 4 N–H and O–H groups in total. The Morgan fingerprint density at radius 2 is 0.917 bits per heavy atom. The van der Waals surface area contributed by atoms with Crippen LogP contribution in [-0.2, 0) is 23.7 Å². The molecule has 0 spiro atoms. The summed E-state index contributed by atoms with van der Waals surface area (Å²) in [6.45, 7) is 4.59. The van der Waals surface area contributed by atoms with Crippen molar-refractivity contribution in [1.82, 2.24) is 0 Å². The van der Waals surface area contributed by atoms with Crippen molar-refractivity contribution in [3.05, 3.63) is 12.2 Å². The molecular formula is C51H98O9. The van der Waals surface area contributed by atoms with E-state index in [-0.39, 0.29) is 19.2 Å². The van der Waals surface area contributed by atoms with Gasteiger partial charge in [-0.05, 0) is 38.5 Å². The van der Waals surface area contributed by atoms with Crippen molar-refractivity contribution in [1.29, 1.82) is 0 Å². The summed E-state index contributed by atoms with van der Waals surface area (Å²) >= 11 is 0. The number of aliphatic hydroxyl groups is 4. The molecule has 0 saturated carbocycles. The monoisotopic (exact) mass is 855 g/mol. The van der Waals surface area contributed by atoms with E-state index >= 15 is 0 Å². The molecule has 0 amide bonds. The molecule has 1 aliphatic heterocycles. The van der Waals surface area contributed by atoms with Gasteiger partial charge in [0, 0.05) is 13.0 Å². The summed E-state index contributed by atoms with van der Waals surface area (Å²) in [7, 11) is 0. The summed E-state index contributed by atoms with van der Waals surface area (Å²) in [5, 5.41) is 40.2. The van der Waals surface area contributed by atoms with Crippen LogP contribution in [0.4, 0.5) is 0 Å². The fourth-order valence-electron chi connectivity index (χ4n) is 8.14. The van der Waals surface area contributed by atoms with Crippen molar-refractivity contribution in [3.63, 3.8) is 0 Å². The molecule has 0 aromatic heterocycles. The second-order valence-corrected chi connectivity index (χ2v) is 18.0. The molecule has 356 valence electrons. The van der Waals surface area contributed by atoms with Crippen molar-refractivity contribution in [2.75, 3.05) is 26.4 Å². The van der Waals surface area contributed by atoms with Gasteiger partial charge >= 0.3 is 5.97 Å². The molecule has 1 aliphatic rings. The van der Waals surface area contributed by atoms with Crippen LogP contribution in [0.25, 0.3) is 0 Å². The standard InChI is InChI=1S/C51H98O9/c1-3-5-7-9-11-13-15-17-19-21-22-23-24-25-26-28-30-32-34-36-38-40-47(53)59-45(44-58-51-50(56)49(55)48(54)46(42-52)60-51)43-57-41-39-37-35-33-31-29-27-20-18-16-14-12-10-8-6-4-2/h18,20,45-46,48-52,54-56H,3-17,19,21-44H2,1-2H3/b20-18-. The Morgan fingerprint density at radius 3 is 1.35 bits per heavy atom. The number of esters is 1. The smallest absolute Gasteiger partial charge is 0.306 e. The minimum absolute atomic E-state index is 0.110. The zero-order chi connectivity index (χ0) is 43.6. The average molecular weight is 855 g/mol. The molecule has 6 atom stereocenters. The van der Waals surface area contributed by atoms with E-state index in [1.807, 2.05) is 0 Å². The van der Waals surface area contributed by atoms with E-state index in [1.54, 1.807) is 0 Å². The Kier molecular flexibility index (Phi) is 41.0. The third kappa shape index (κ3) is 33.5. The van der Waals surface area contributed by atoms with Crippen molar-refractivity contribution in [3.8, 4) is 0 Å². The molecule has 0 bridgehead atoms. The molecule has 0 aliphatic carbocycles. The Hall–Kier alpha value is -1.07. The first-order chi connectivity index (χ1) is 29.4. The Morgan fingerprint density at radius 1 is 0.517 bits per heavy atom. The van der Waals surface area contributed by atoms with E-state index in [2.05, 4.69) is 26.0 Å². The molecule has 9 heteroatoms. The van der Waals surface area contributed by atoms with Crippen LogP contribution in [0.1, 0.15) is 245 Å². The Bertz CT molecular complexity index is 930. The molecule has 1 heterocycles. The molecule has 6 unspecified atom stereocenters. The highest BCUT2D eigenvalue weighted by Gasteiger charge is 2.44. The van der Waals surface area contributed by atoms with Gasteiger partial charge in [0.1, 0.15) is 30.5 Å².